The highest BCUT2D eigenvalue weighted by molar-refractivity contribution is 6.46. The first-order chi connectivity index (χ1) is 16.2. The van der Waals surface area contributed by atoms with Crippen molar-refractivity contribution >= 4 is 17.4 Å². The number of rotatable bonds is 5. The molecule has 1 aliphatic heterocycles. The Bertz CT molecular complexity index is 1270. The van der Waals surface area contributed by atoms with E-state index < -0.39 is 35.2 Å². The number of amides is 1. The summed E-state index contributed by atoms with van der Waals surface area (Å²) in [4.78, 5) is 27.3. The fourth-order valence-electron chi connectivity index (χ4n) is 4.05. The average Bonchev–Trinajstić information content (AvgIpc) is 3.08. The van der Waals surface area contributed by atoms with Crippen LogP contribution in [-0.2, 0) is 22.3 Å². The normalized spacial score (nSPS) is 17.8. The van der Waals surface area contributed by atoms with E-state index in [4.69, 9.17) is 4.74 Å². The molecule has 0 aliphatic carbocycles. The highest BCUT2D eigenvalue weighted by atomic mass is 19.4. The van der Waals surface area contributed by atoms with Crippen molar-refractivity contribution in [1.82, 2.24) is 4.90 Å². The van der Waals surface area contributed by atoms with Crippen molar-refractivity contribution in [1.29, 1.82) is 0 Å². The third-order valence-electron chi connectivity index (χ3n) is 5.62. The number of para-hydroxylation sites is 1. The molecular weight excluding hydrogens is 447 g/mol. The Hall–Kier alpha value is -4.07. The number of alkyl halides is 3. The number of aliphatic hydroxyl groups excluding tert-OH is 1. The van der Waals surface area contributed by atoms with Gasteiger partial charge in [-0.05, 0) is 35.4 Å². The van der Waals surface area contributed by atoms with E-state index in [2.05, 4.69) is 0 Å². The average molecular weight is 467 g/mol. The highest BCUT2D eigenvalue weighted by Crippen LogP contribution is 2.41. The fraction of sp³-hybridized carbons (Fsp3) is 0.154. The van der Waals surface area contributed by atoms with Gasteiger partial charge in [-0.15, -0.1) is 0 Å². The van der Waals surface area contributed by atoms with Gasteiger partial charge in [0.1, 0.15) is 11.5 Å². The summed E-state index contributed by atoms with van der Waals surface area (Å²) in [6.45, 7) is -0.253. The molecule has 5 nitrogen and oxygen atoms in total. The molecule has 1 amide bonds. The number of aliphatic hydroxyl groups is 1. The van der Waals surface area contributed by atoms with Crippen LogP contribution in [0.15, 0.2) is 84.4 Å². The SMILES string of the molecule is COc1ccccc1/C(O)=C1\C(=O)C(=O)N(Cc2cccc(C(F)(F)F)c2)C1c1ccccc1. The Kier molecular flexibility index (Phi) is 6.15. The summed E-state index contributed by atoms with van der Waals surface area (Å²) in [6.07, 6.45) is -4.55. The van der Waals surface area contributed by atoms with Gasteiger partial charge in [0, 0.05) is 6.54 Å². The van der Waals surface area contributed by atoms with E-state index in [1.54, 1.807) is 54.6 Å². The van der Waals surface area contributed by atoms with E-state index >= 15 is 0 Å². The molecule has 1 heterocycles. The molecule has 1 N–H and O–H groups in total. The summed E-state index contributed by atoms with van der Waals surface area (Å²) < 4.78 is 44.9. The Morgan fingerprint density at radius 1 is 0.971 bits per heavy atom. The summed E-state index contributed by atoms with van der Waals surface area (Å²) in [6, 6.07) is 18.6. The third-order valence-corrected chi connectivity index (χ3v) is 5.62. The summed E-state index contributed by atoms with van der Waals surface area (Å²) in [5.74, 6) is -1.96. The predicted octanol–water partition coefficient (Wildman–Crippen LogP) is 5.34. The number of ether oxygens (including phenoxy) is 1. The van der Waals surface area contributed by atoms with Crippen molar-refractivity contribution in [3.8, 4) is 5.75 Å². The van der Waals surface area contributed by atoms with Gasteiger partial charge in [-0.2, -0.15) is 13.2 Å². The number of ketones is 1. The van der Waals surface area contributed by atoms with Crippen LogP contribution in [-0.4, -0.2) is 28.8 Å². The first-order valence-corrected chi connectivity index (χ1v) is 10.3. The zero-order valence-electron chi connectivity index (χ0n) is 18.0. The van der Waals surface area contributed by atoms with Gasteiger partial charge in [0.2, 0.25) is 0 Å². The highest BCUT2D eigenvalue weighted by Gasteiger charge is 2.46. The second-order valence-electron chi connectivity index (χ2n) is 7.74. The van der Waals surface area contributed by atoms with Crippen LogP contribution >= 0.6 is 0 Å². The molecule has 1 atom stereocenters. The quantitative estimate of drug-likeness (QED) is 0.313. The first kappa shape index (κ1) is 23.1. The molecule has 34 heavy (non-hydrogen) atoms. The lowest BCUT2D eigenvalue weighted by Gasteiger charge is -2.26. The smallest absolute Gasteiger partial charge is 0.416 e. The number of likely N-dealkylation sites (tertiary alicyclic amines) is 1. The van der Waals surface area contributed by atoms with Gasteiger partial charge < -0.3 is 14.7 Å². The minimum absolute atomic E-state index is 0.160. The zero-order valence-corrected chi connectivity index (χ0v) is 18.0. The van der Waals surface area contributed by atoms with Crippen LogP contribution in [0, 0.1) is 0 Å². The summed E-state index contributed by atoms with van der Waals surface area (Å²) in [5.41, 5.74) is -0.0531. The lowest BCUT2D eigenvalue weighted by Crippen LogP contribution is -2.29. The monoisotopic (exact) mass is 467 g/mol. The fourth-order valence-corrected chi connectivity index (χ4v) is 4.05. The number of hydrogen-bond acceptors (Lipinski definition) is 4. The van der Waals surface area contributed by atoms with Crippen molar-refractivity contribution < 1.29 is 32.6 Å². The number of halogens is 3. The Labute approximate surface area is 193 Å². The summed E-state index contributed by atoms with van der Waals surface area (Å²) in [7, 11) is 1.41. The number of Topliss-reactive ketones (excluding diaryl/α,β-unsaturated/α-hetero) is 1. The summed E-state index contributed by atoms with van der Waals surface area (Å²) >= 11 is 0. The molecule has 1 unspecified atom stereocenters. The van der Waals surface area contributed by atoms with E-state index in [0.29, 0.717) is 11.3 Å². The Morgan fingerprint density at radius 3 is 2.32 bits per heavy atom. The van der Waals surface area contributed by atoms with Crippen LogP contribution in [0.2, 0.25) is 0 Å². The second kappa shape index (κ2) is 9.05. The molecule has 174 valence electrons. The largest absolute Gasteiger partial charge is 0.507 e. The molecule has 1 saturated heterocycles. The molecular formula is C26H20F3NO4. The van der Waals surface area contributed by atoms with Gasteiger partial charge in [0.05, 0.1) is 29.9 Å². The standard InChI is InChI=1S/C26H20F3NO4/c1-34-20-13-6-5-12-19(20)23(31)21-22(17-9-3-2-4-10-17)30(25(33)24(21)32)15-16-8-7-11-18(14-16)26(27,28)29/h2-14,22,31H,15H2,1H3/b23-21+. The van der Waals surface area contributed by atoms with Crippen LogP contribution < -0.4 is 4.74 Å². The maximum atomic E-state index is 13.2. The van der Waals surface area contributed by atoms with E-state index in [-0.39, 0.29) is 23.2 Å². The number of methoxy groups -OCH3 is 1. The van der Waals surface area contributed by atoms with Crippen LogP contribution in [0.25, 0.3) is 5.76 Å². The maximum absolute atomic E-state index is 13.2. The number of nitrogens with zero attached hydrogens (tertiary/aromatic N) is 1. The minimum atomic E-state index is -4.55. The summed E-state index contributed by atoms with van der Waals surface area (Å²) in [5, 5.41) is 11.1. The van der Waals surface area contributed by atoms with Crippen LogP contribution in [0.4, 0.5) is 13.2 Å². The van der Waals surface area contributed by atoms with Gasteiger partial charge in [0.15, 0.2) is 0 Å². The van der Waals surface area contributed by atoms with Crippen molar-refractivity contribution in [3.63, 3.8) is 0 Å². The predicted molar refractivity (Wildman–Crippen MR) is 119 cm³/mol. The van der Waals surface area contributed by atoms with E-state index in [1.165, 1.54) is 24.1 Å². The van der Waals surface area contributed by atoms with E-state index in [0.717, 1.165) is 12.1 Å². The van der Waals surface area contributed by atoms with Crippen molar-refractivity contribution in [2.24, 2.45) is 0 Å². The topological polar surface area (TPSA) is 66.8 Å². The molecule has 3 aromatic rings. The molecule has 3 aromatic carbocycles. The molecule has 8 heteroatoms. The van der Waals surface area contributed by atoms with E-state index in [1.807, 2.05) is 0 Å². The van der Waals surface area contributed by atoms with Crippen LogP contribution in [0.5, 0.6) is 5.75 Å². The molecule has 1 fully saturated rings. The lowest BCUT2D eigenvalue weighted by molar-refractivity contribution is -0.140. The number of hydrogen-bond donors (Lipinski definition) is 1. The Morgan fingerprint density at radius 2 is 1.65 bits per heavy atom. The third kappa shape index (κ3) is 4.26. The maximum Gasteiger partial charge on any atom is 0.416 e. The van der Waals surface area contributed by atoms with Gasteiger partial charge in [-0.1, -0.05) is 54.6 Å². The van der Waals surface area contributed by atoms with Gasteiger partial charge in [0.25, 0.3) is 11.7 Å². The van der Waals surface area contributed by atoms with Crippen LogP contribution in [0.3, 0.4) is 0 Å². The molecule has 0 radical (unpaired) electrons. The molecule has 4 rings (SSSR count). The van der Waals surface area contributed by atoms with Gasteiger partial charge in [-0.3, -0.25) is 9.59 Å². The zero-order chi connectivity index (χ0) is 24.5. The first-order valence-electron chi connectivity index (χ1n) is 10.3. The number of benzene rings is 3. The van der Waals surface area contributed by atoms with E-state index in [9.17, 15) is 27.9 Å². The molecule has 0 spiro atoms. The van der Waals surface area contributed by atoms with Crippen molar-refractivity contribution in [3.05, 3.63) is 107 Å². The molecule has 0 saturated carbocycles. The second-order valence-corrected chi connectivity index (χ2v) is 7.74. The molecule has 0 bridgehead atoms. The minimum Gasteiger partial charge on any atom is -0.507 e. The van der Waals surface area contributed by atoms with Crippen molar-refractivity contribution in [2.45, 2.75) is 18.8 Å². The van der Waals surface area contributed by atoms with Gasteiger partial charge >= 0.3 is 6.18 Å². The lowest BCUT2D eigenvalue weighted by atomic mass is 9.95. The number of carbonyl (C=O) groups is 2. The van der Waals surface area contributed by atoms with Crippen molar-refractivity contribution in [2.75, 3.05) is 7.11 Å². The molecule has 0 aromatic heterocycles. The molecule has 1 aliphatic rings. The van der Waals surface area contributed by atoms with Crippen LogP contribution in [0.1, 0.15) is 28.3 Å². The Balaban J connectivity index is 1.85. The number of carbonyl (C=O) groups excluding carboxylic acids is 2. The van der Waals surface area contributed by atoms with Gasteiger partial charge in [-0.25, -0.2) is 0 Å².